The first kappa shape index (κ1) is 25.7. The van der Waals surface area contributed by atoms with Gasteiger partial charge in [-0.25, -0.2) is 8.42 Å². The molecule has 2 amide bonds. The summed E-state index contributed by atoms with van der Waals surface area (Å²) < 4.78 is 63.9. The first-order valence-corrected chi connectivity index (χ1v) is 12.3. The number of anilines is 1. The highest BCUT2D eigenvalue weighted by Gasteiger charge is 2.29. The van der Waals surface area contributed by atoms with Crippen LogP contribution >= 0.6 is 0 Å². The van der Waals surface area contributed by atoms with E-state index < -0.39 is 34.6 Å². The fraction of sp³-hybridized carbons (Fsp3) is 0.391. The molecule has 7 nitrogen and oxygen atoms in total. The van der Waals surface area contributed by atoms with Crippen LogP contribution in [0.25, 0.3) is 0 Å². The van der Waals surface area contributed by atoms with Crippen LogP contribution in [0.3, 0.4) is 0 Å². The fourth-order valence-electron chi connectivity index (χ4n) is 3.78. The number of rotatable bonds is 7. The second-order valence-corrected chi connectivity index (χ2v) is 10.2. The van der Waals surface area contributed by atoms with Gasteiger partial charge in [-0.15, -0.1) is 0 Å². The topological polar surface area (TPSA) is 95.6 Å². The number of nitrogens with zero attached hydrogens (tertiary/aromatic N) is 1. The molecular weight excluding hydrogens is 471 g/mol. The van der Waals surface area contributed by atoms with Crippen LogP contribution in [0.1, 0.15) is 52.8 Å². The molecule has 0 atom stereocenters. The van der Waals surface area contributed by atoms with Crippen molar-refractivity contribution >= 4 is 27.5 Å². The van der Waals surface area contributed by atoms with Crippen molar-refractivity contribution in [3.05, 3.63) is 59.7 Å². The van der Waals surface area contributed by atoms with Crippen LogP contribution in [0.2, 0.25) is 0 Å². The van der Waals surface area contributed by atoms with Gasteiger partial charge in [0.25, 0.3) is 11.8 Å². The van der Waals surface area contributed by atoms with Gasteiger partial charge < -0.3 is 10.6 Å². The summed E-state index contributed by atoms with van der Waals surface area (Å²) in [5.74, 6) is -1.39. The molecule has 11 heteroatoms. The van der Waals surface area contributed by atoms with Gasteiger partial charge in [0.05, 0.1) is 4.90 Å². The minimum atomic E-state index is -4.51. The Bertz CT molecular complexity index is 1110. The summed E-state index contributed by atoms with van der Waals surface area (Å²) in [4.78, 5) is 24.4. The molecule has 0 aliphatic heterocycles. The maximum Gasteiger partial charge on any atom is 0.405 e. The zero-order chi connectivity index (χ0) is 24.9. The molecule has 2 aromatic rings. The number of carbonyl (C=O) groups excluding carboxylic acids is 2. The standard InChI is InChI=1S/C23H26F3N3O4S/c1-29(19-5-3-2-4-6-19)34(32,33)20-13-9-17(10-14-20)22(31)28-18-11-7-16(8-12-18)21(30)27-15-23(24,25)26/h7-14,19H,2-6,15H2,1H3,(H,27,30)(H,28,31). The lowest BCUT2D eigenvalue weighted by atomic mass is 9.96. The third kappa shape index (κ3) is 6.57. The predicted octanol–water partition coefficient (Wildman–Crippen LogP) is 4.18. The second-order valence-electron chi connectivity index (χ2n) is 8.17. The molecule has 1 fully saturated rings. The average molecular weight is 498 g/mol. The Hall–Kier alpha value is -2.92. The molecule has 2 N–H and O–H groups in total. The van der Waals surface area contributed by atoms with E-state index in [0.717, 1.165) is 32.1 Å². The van der Waals surface area contributed by atoms with Crippen LogP contribution in [0.4, 0.5) is 18.9 Å². The van der Waals surface area contributed by atoms with E-state index in [1.165, 1.54) is 52.8 Å². The van der Waals surface area contributed by atoms with E-state index in [0.29, 0.717) is 5.69 Å². The summed E-state index contributed by atoms with van der Waals surface area (Å²) in [6, 6.07) is 10.9. The van der Waals surface area contributed by atoms with Crippen LogP contribution in [0.5, 0.6) is 0 Å². The molecule has 2 aromatic carbocycles. The Labute approximate surface area is 196 Å². The predicted molar refractivity (Wildman–Crippen MR) is 121 cm³/mol. The largest absolute Gasteiger partial charge is 0.405 e. The van der Waals surface area contributed by atoms with Gasteiger partial charge in [-0.2, -0.15) is 17.5 Å². The van der Waals surface area contributed by atoms with Gasteiger partial charge in [-0.05, 0) is 61.4 Å². The highest BCUT2D eigenvalue weighted by Crippen LogP contribution is 2.26. The maximum absolute atomic E-state index is 12.9. The smallest absolute Gasteiger partial charge is 0.343 e. The number of amides is 2. The Morgan fingerprint density at radius 3 is 2.00 bits per heavy atom. The van der Waals surface area contributed by atoms with Gasteiger partial charge in [0.1, 0.15) is 6.54 Å². The molecule has 0 aromatic heterocycles. The lowest BCUT2D eigenvalue weighted by Crippen LogP contribution is -2.38. The molecule has 0 spiro atoms. The van der Waals surface area contributed by atoms with Crippen LogP contribution in [-0.2, 0) is 10.0 Å². The van der Waals surface area contributed by atoms with E-state index in [9.17, 15) is 31.2 Å². The number of alkyl halides is 3. The van der Waals surface area contributed by atoms with Crippen molar-refractivity contribution in [1.29, 1.82) is 0 Å². The summed E-state index contributed by atoms with van der Waals surface area (Å²) in [5, 5.41) is 4.37. The van der Waals surface area contributed by atoms with Crippen molar-refractivity contribution in [3.8, 4) is 0 Å². The molecule has 3 rings (SSSR count). The van der Waals surface area contributed by atoms with Crippen LogP contribution in [0.15, 0.2) is 53.4 Å². The van der Waals surface area contributed by atoms with E-state index in [1.54, 1.807) is 12.4 Å². The summed E-state index contributed by atoms with van der Waals surface area (Å²) in [6.07, 6.45) is 0.273. The normalized spacial score (nSPS) is 15.2. The van der Waals surface area contributed by atoms with Crippen molar-refractivity contribution in [3.63, 3.8) is 0 Å². The third-order valence-electron chi connectivity index (χ3n) is 5.74. The molecule has 1 aliphatic rings. The van der Waals surface area contributed by atoms with E-state index in [-0.39, 0.29) is 22.1 Å². The van der Waals surface area contributed by atoms with Crippen LogP contribution in [0, 0.1) is 0 Å². The fourth-order valence-corrected chi connectivity index (χ4v) is 5.19. The second kappa shape index (κ2) is 10.6. The van der Waals surface area contributed by atoms with Crippen molar-refractivity contribution in [2.24, 2.45) is 0 Å². The molecule has 0 bridgehead atoms. The van der Waals surface area contributed by atoms with Crippen molar-refractivity contribution in [1.82, 2.24) is 9.62 Å². The van der Waals surface area contributed by atoms with E-state index >= 15 is 0 Å². The highest BCUT2D eigenvalue weighted by atomic mass is 32.2. The van der Waals surface area contributed by atoms with Crippen molar-refractivity contribution in [2.75, 3.05) is 18.9 Å². The quantitative estimate of drug-likeness (QED) is 0.600. The minimum absolute atomic E-state index is 0.0129. The number of benzene rings is 2. The Kier molecular flexibility index (Phi) is 7.98. The van der Waals surface area contributed by atoms with E-state index in [2.05, 4.69) is 5.32 Å². The van der Waals surface area contributed by atoms with Crippen LogP contribution in [-0.4, -0.2) is 50.3 Å². The van der Waals surface area contributed by atoms with Crippen LogP contribution < -0.4 is 10.6 Å². The zero-order valence-electron chi connectivity index (χ0n) is 18.6. The number of hydrogen-bond donors (Lipinski definition) is 2. The molecule has 0 unspecified atom stereocenters. The van der Waals surface area contributed by atoms with Gasteiger partial charge in [0.2, 0.25) is 10.0 Å². The monoisotopic (exact) mass is 497 g/mol. The Balaban J connectivity index is 1.62. The first-order chi connectivity index (χ1) is 16.0. The van der Waals surface area contributed by atoms with Gasteiger partial charge >= 0.3 is 6.18 Å². The van der Waals surface area contributed by atoms with Crippen molar-refractivity contribution < 1.29 is 31.2 Å². The Morgan fingerprint density at radius 2 is 1.44 bits per heavy atom. The molecule has 1 saturated carbocycles. The number of hydrogen-bond acceptors (Lipinski definition) is 4. The first-order valence-electron chi connectivity index (χ1n) is 10.8. The Morgan fingerprint density at radius 1 is 0.912 bits per heavy atom. The van der Waals surface area contributed by atoms with E-state index in [4.69, 9.17) is 0 Å². The van der Waals surface area contributed by atoms with Crippen molar-refractivity contribution in [2.45, 2.75) is 49.2 Å². The molecule has 0 saturated heterocycles. The van der Waals surface area contributed by atoms with E-state index in [1.807, 2.05) is 0 Å². The molecule has 34 heavy (non-hydrogen) atoms. The number of sulfonamides is 1. The summed E-state index contributed by atoms with van der Waals surface area (Å²) in [6.45, 7) is -1.44. The maximum atomic E-state index is 12.9. The van der Waals surface area contributed by atoms with Gasteiger partial charge in [0, 0.05) is 29.9 Å². The number of nitrogens with one attached hydrogen (secondary N) is 2. The lowest BCUT2D eigenvalue weighted by molar-refractivity contribution is -0.123. The molecule has 184 valence electrons. The molecule has 1 aliphatic carbocycles. The zero-order valence-corrected chi connectivity index (χ0v) is 19.4. The number of carbonyl (C=O) groups is 2. The third-order valence-corrected chi connectivity index (χ3v) is 7.66. The highest BCUT2D eigenvalue weighted by molar-refractivity contribution is 7.89. The lowest BCUT2D eigenvalue weighted by Gasteiger charge is -2.30. The van der Waals surface area contributed by atoms with Gasteiger partial charge in [0.15, 0.2) is 0 Å². The summed E-state index contributed by atoms with van der Waals surface area (Å²) in [7, 11) is -2.09. The van der Waals surface area contributed by atoms with Gasteiger partial charge in [-0.3, -0.25) is 9.59 Å². The average Bonchev–Trinajstić information content (AvgIpc) is 2.82. The molecular formula is C23H26F3N3O4S. The summed E-state index contributed by atoms with van der Waals surface area (Å²) in [5.41, 5.74) is 0.566. The molecule has 0 radical (unpaired) electrons. The number of halogens is 3. The molecule has 0 heterocycles. The minimum Gasteiger partial charge on any atom is -0.343 e. The summed E-state index contributed by atoms with van der Waals surface area (Å²) >= 11 is 0. The SMILES string of the molecule is CN(C1CCCCC1)S(=O)(=O)c1ccc(C(=O)Nc2ccc(C(=O)NCC(F)(F)F)cc2)cc1. The van der Waals surface area contributed by atoms with Gasteiger partial charge in [-0.1, -0.05) is 19.3 Å².